The maximum absolute atomic E-state index is 13.1. The Kier molecular flexibility index (Phi) is 6.02. The summed E-state index contributed by atoms with van der Waals surface area (Å²) in [5.74, 6) is 0.502. The van der Waals surface area contributed by atoms with Crippen molar-refractivity contribution in [1.29, 1.82) is 0 Å². The molecule has 0 radical (unpaired) electrons. The van der Waals surface area contributed by atoms with Gasteiger partial charge in [0, 0.05) is 31.5 Å². The van der Waals surface area contributed by atoms with Gasteiger partial charge in [0.05, 0.1) is 24.9 Å². The predicted molar refractivity (Wildman–Crippen MR) is 105 cm³/mol. The van der Waals surface area contributed by atoms with Crippen molar-refractivity contribution < 1.29 is 23.1 Å². The predicted octanol–water partition coefficient (Wildman–Crippen LogP) is 1.76. The lowest BCUT2D eigenvalue weighted by atomic mass is 9.92. The highest BCUT2D eigenvalue weighted by atomic mass is 35.5. The quantitative estimate of drug-likeness (QED) is 0.716. The minimum absolute atomic E-state index is 0.0162. The van der Waals surface area contributed by atoms with Crippen molar-refractivity contribution in [2.24, 2.45) is 0 Å². The first-order valence-corrected chi connectivity index (χ1v) is 11.3. The average molecular weight is 433 g/mol. The van der Waals surface area contributed by atoms with E-state index >= 15 is 0 Å². The smallest absolute Gasteiger partial charge is 0.407 e. The van der Waals surface area contributed by atoms with Gasteiger partial charge in [-0.05, 0) is 31.4 Å². The van der Waals surface area contributed by atoms with Gasteiger partial charge < -0.3 is 19.6 Å². The highest BCUT2D eigenvalue weighted by molar-refractivity contribution is 7.92. The van der Waals surface area contributed by atoms with Crippen molar-refractivity contribution in [3.05, 3.63) is 17.0 Å². The molecule has 1 unspecified atom stereocenters. The second-order valence-electron chi connectivity index (χ2n) is 7.17. The number of likely N-dealkylation sites (tertiary alicyclic amines) is 1. The maximum atomic E-state index is 13.1. The topological polar surface area (TPSA) is 113 Å². The van der Waals surface area contributed by atoms with Crippen molar-refractivity contribution in [2.75, 3.05) is 43.5 Å². The number of amides is 1. The van der Waals surface area contributed by atoms with Gasteiger partial charge in [0.1, 0.15) is 10.6 Å². The molecule has 2 aliphatic heterocycles. The number of piperidine rings is 1. The number of hydrogen-bond donors (Lipinski definition) is 1. The third-order valence-corrected chi connectivity index (χ3v) is 8.37. The molecule has 0 spiro atoms. The summed E-state index contributed by atoms with van der Waals surface area (Å²) in [4.78, 5) is 23.1. The lowest BCUT2D eigenvalue weighted by Crippen LogP contribution is -2.50. The SMILES string of the molecule is CCS(=O)(=O)C1(c2cc(N3CCOCC3C)nc(Cl)n2)CCN(C(=O)O)CC1. The van der Waals surface area contributed by atoms with Crippen LogP contribution in [0.2, 0.25) is 5.28 Å². The van der Waals surface area contributed by atoms with E-state index < -0.39 is 20.7 Å². The molecule has 1 atom stereocenters. The van der Waals surface area contributed by atoms with E-state index in [4.69, 9.17) is 16.3 Å². The van der Waals surface area contributed by atoms with E-state index in [1.54, 1.807) is 13.0 Å². The number of nitrogens with zero attached hydrogens (tertiary/aromatic N) is 4. The Labute approximate surface area is 169 Å². The average Bonchev–Trinajstić information content (AvgIpc) is 2.67. The van der Waals surface area contributed by atoms with Gasteiger partial charge in [-0.15, -0.1) is 0 Å². The molecule has 0 aromatic carbocycles. The Hall–Kier alpha value is -1.65. The summed E-state index contributed by atoms with van der Waals surface area (Å²) < 4.78 is 30.4. The lowest BCUT2D eigenvalue weighted by Gasteiger charge is -2.40. The zero-order valence-electron chi connectivity index (χ0n) is 16.0. The standard InChI is InChI=1S/C17H25ClN4O5S/c1-3-28(25,26)17(4-6-21(7-5-17)16(23)24)13-10-14(20-15(18)19-13)22-8-9-27-11-12(22)2/h10,12H,3-9,11H2,1-2H3,(H,23,24). The normalized spacial score (nSPS) is 22.9. The summed E-state index contributed by atoms with van der Waals surface area (Å²) in [5, 5.41) is 9.22. The molecule has 0 aliphatic carbocycles. The highest BCUT2D eigenvalue weighted by Gasteiger charge is 2.49. The number of halogens is 1. The summed E-state index contributed by atoms with van der Waals surface area (Å²) in [6.45, 7) is 5.55. The Morgan fingerprint density at radius 2 is 2.04 bits per heavy atom. The van der Waals surface area contributed by atoms with Crippen LogP contribution in [0.5, 0.6) is 0 Å². The number of morpholine rings is 1. The highest BCUT2D eigenvalue weighted by Crippen LogP contribution is 2.41. The third kappa shape index (κ3) is 3.77. The first-order chi connectivity index (χ1) is 13.2. The molecular weight excluding hydrogens is 408 g/mol. The van der Waals surface area contributed by atoms with Crippen molar-refractivity contribution in [3.63, 3.8) is 0 Å². The van der Waals surface area contributed by atoms with Crippen LogP contribution >= 0.6 is 11.6 Å². The number of carboxylic acid groups (broad SMARTS) is 1. The number of sulfone groups is 1. The lowest BCUT2D eigenvalue weighted by molar-refractivity contribution is 0.0985. The number of carbonyl (C=O) groups is 1. The largest absolute Gasteiger partial charge is 0.465 e. The molecule has 0 saturated carbocycles. The first-order valence-electron chi connectivity index (χ1n) is 9.30. The first kappa shape index (κ1) is 21.1. The molecule has 2 saturated heterocycles. The van der Waals surface area contributed by atoms with Gasteiger partial charge in [0.2, 0.25) is 5.28 Å². The molecular formula is C17H25ClN4O5S. The number of ether oxygens (including phenoxy) is 1. The van der Waals surface area contributed by atoms with Crippen LogP contribution in [-0.4, -0.2) is 79.1 Å². The summed E-state index contributed by atoms with van der Waals surface area (Å²) in [6.07, 6.45) is -0.770. The van der Waals surface area contributed by atoms with Gasteiger partial charge in [0.25, 0.3) is 0 Å². The van der Waals surface area contributed by atoms with Gasteiger partial charge in [-0.2, -0.15) is 0 Å². The number of anilines is 1. The molecule has 11 heteroatoms. The molecule has 3 heterocycles. The van der Waals surface area contributed by atoms with E-state index in [-0.39, 0.29) is 43.0 Å². The van der Waals surface area contributed by atoms with Gasteiger partial charge in [-0.25, -0.2) is 23.2 Å². The van der Waals surface area contributed by atoms with E-state index in [0.29, 0.717) is 31.3 Å². The minimum atomic E-state index is -3.57. The molecule has 1 N–H and O–H groups in total. The molecule has 0 bridgehead atoms. The summed E-state index contributed by atoms with van der Waals surface area (Å²) >= 11 is 6.19. The zero-order chi connectivity index (χ0) is 20.5. The Morgan fingerprint density at radius 1 is 1.36 bits per heavy atom. The second kappa shape index (κ2) is 8.00. The number of aromatic nitrogens is 2. The Bertz CT molecular complexity index is 842. The van der Waals surface area contributed by atoms with Crippen LogP contribution in [0.25, 0.3) is 0 Å². The van der Waals surface area contributed by atoms with Gasteiger partial charge in [0.15, 0.2) is 9.84 Å². The van der Waals surface area contributed by atoms with E-state index in [0.717, 1.165) is 0 Å². The Balaban J connectivity index is 2.05. The van der Waals surface area contributed by atoms with Crippen molar-refractivity contribution in [2.45, 2.75) is 37.5 Å². The molecule has 1 amide bonds. The molecule has 28 heavy (non-hydrogen) atoms. The molecule has 156 valence electrons. The van der Waals surface area contributed by atoms with E-state index in [1.807, 2.05) is 11.8 Å². The molecule has 2 fully saturated rings. The fourth-order valence-corrected chi connectivity index (χ4v) is 5.87. The third-order valence-electron chi connectivity index (χ3n) is 5.63. The van der Waals surface area contributed by atoms with Crippen molar-refractivity contribution in [3.8, 4) is 0 Å². The van der Waals surface area contributed by atoms with Crippen LogP contribution in [-0.2, 0) is 19.3 Å². The fraction of sp³-hybridized carbons (Fsp3) is 0.706. The molecule has 1 aromatic heterocycles. The van der Waals surface area contributed by atoms with E-state index in [1.165, 1.54) is 4.90 Å². The summed E-state index contributed by atoms with van der Waals surface area (Å²) in [5.41, 5.74) is 0.341. The van der Waals surface area contributed by atoms with Crippen molar-refractivity contribution in [1.82, 2.24) is 14.9 Å². The number of rotatable bonds is 4. The molecule has 1 aromatic rings. The summed E-state index contributed by atoms with van der Waals surface area (Å²) in [6, 6.07) is 1.76. The maximum Gasteiger partial charge on any atom is 0.407 e. The van der Waals surface area contributed by atoms with Crippen LogP contribution < -0.4 is 4.90 Å². The second-order valence-corrected chi connectivity index (χ2v) is 10.1. The monoisotopic (exact) mass is 432 g/mol. The minimum Gasteiger partial charge on any atom is -0.465 e. The van der Waals surface area contributed by atoms with Crippen molar-refractivity contribution >= 4 is 33.3 Å². The molecule has 2 aliphatic rings. The van der Waals surface area contributed by atoms with Crippen LogP contribution in [0.1, 0.15) is 32.4 Å². The van der Waals surface area contributed by atoms with E-state index in [9.17, 15) is 18.3 Å². The Morgan fingerprint density at radius 3 is 2.61 bits per heavy atom. The van der Waals surface area contributed by atoms with Crippen LogP contribution in [0.3, 0.4) is 0 Å². The van der Waals surface area contributed by atoms with Crippen LogP contribution in [0.4, 0.5) is 10.6 Å². The van der Waals surface area contributed by atoms with Crippen LogP contribution in [0, 0.1) is 0 Å². The zero-order valence-corrected chi connectivity index (χ0v) is 17.5. The van der Waals surface area contributed by atoms with Gasteiger partial charge in [-0.3, -0.25) is 0 Å². The summed E-state index contributed by atoms with van der Waals surface area (Å²) in [7, 11) is -3.57. The molecule has 9 nitrogen and oxygen atoms in total. The number of hydrogen-bond acceptors (Lipinski definition) is 7. The van der Waals surface area contributed by atoms with Gasteiger partial charge in [-0.1, -0.05) is 6.92 Å². The van der Waals surface area contributed by atoms with Crippen LogP contribution in [0.15, 0.2) is 6.07 Å². The fourth-order valence-electron chi connectivity index (χ4n) is 3.92. The van der Waals surface area contributed by atoms with Gasteiger partial charge >= 0.3 is 6.09 Å². The van der Waals surface area contributed by atoms with E-state index in [2.05, 4.69) is 9.97 Å². The molecule has 3 rings (SSSR count).